The highest BCUT2D eigenvalue weighted by Crippen LogP contribution is 2.14. The molecule has 0 amide bonds. The summed E-state index contributed by atoms with van der Waals surface area (Å²) in [7, 11) is 0. The van der Waals surface area contributed by atoms with Crippen LogP contribution in [0.4, 0.5) is 11.5 Å². The van der Waals surface area contributed by atoms with Crippen molar-refractivity contribution in [2.24, 2.45) is 0 Å². The molecule has 1 aromatic rings. The molecular formula is C8H11N3O. The lowest BCUT2D eigenvalue weighted by Crippen LogP contribution is -2.04. The van der Waals surface area contributed by atoms with Gasteiger partial charge in [-0.2, -0.15) is 0 Å². The number of aromatic nitrogens is 1. The summed E-state index contributed by atoms with van der Waals surface area (Å²) >= 11 is 0. The fourth-order valence-corrected chi connectivity index (χ4v) is 0.911. The van der Waals surface area contributed by atoms with Crippen LogP contribution >= 0.6 is 0 Å². The first-order chi connectivity index (χ1) is 5.65. The largest absolute Gasteiger partial charge is 0.398 e. The number of ketones is 1. The quantitative estimate of drug-likeness (QED) is 0.636. The fraction of sp³-hybridized carbons (Fsp3) is 0.250. The van der Waals surface area contributed by atoms with Crippen molar-refractivity contribution in [3.8, 4) is 0 Å². The normalized spacial score (nSPS) is 9.75. The summed E-state index contributed by atoms with van der Waals surface area (Å²) in [6.07, 6.45) is 1.84. The number of nitrogen functional groups attached to an aromatic ring is 2. The average Bonchev–Trinajstić information content (AvgIpc) is 2.03. The van der Waals surface area contributed by atoms with E-state index in [1.807, 2.05) is 0 Å². The molecule has 1 heterocycles. The van der Waals surface area contributed by atoms with Crippen LogP contribution in [0.15, 0.2) is 12.3 Å². The van der Waals surface area contributed by atoms with Gasteiger partial charge in [0.05, 0.1) is 5.56 Å². The van der Waals surface area contributed by atoms with Crippen LogP contribution in [-0.4, -0.2) is 10.8 Å². The van der Waals surface area contributed by atoms with E-state index in [2.05, 4.69) is 4.98 Å². The molecule has 4 heteroatoms. The Kier molecular flexibility index (Phi) is 2.28. The molecule has 0 atom stereocenters. The van der Waals surface area contributed by atoms with Crippen molar-refractivity contribution >= 4 is 17.3 Å². The molecule has 0 unspecified atom stereocenters. The van der Waals surface area contributed by atoms with E-state index in [0.717, 1.165) is 0 Å². The molecule has 1 rings (SSSR count). The summed E-state index contributed by atoms with van der Waals surface area (Å²) in [6, 6.07) is 1.49. The van der Waals surface area contributed by atoms with E-state index in [4.69, 9.17) is 11.5 Å². The molecule has 0 saturated carbocycles. The number of Topliss-reactive ketones (excluding diaryl/α,β-unsaturated/α-hetero) is 1. The van der Waals surface area contributed by atoms with Crippen LogP contribution in [0, 0.1) is 0 Å². The number of hydrogen-bond acceptors (Lipinski definition) is 4. The third kappa shape index (κ3) is 1.53. The van der Waals surface area contributed by atoms with E-state index in [-0.39, 0.29) is 5.78 Å². The highest BCUT2D eigenvalue weighted by atomic mass is 16.1. The average molecular weight is 165 g/mol. The van der Waals surface area contributed by atoms with Crippen molar-refractivity contribution in [2.75, 3.05) is 11.5 Å². The lowest BCUT2D eigenvalue weighted by Gasteiger charge is -2.02. The van der Waals surface area contributed by atoms with Gasteiger partial charge >= 0.3 is 0 Å². The zero-order valence-corrected chi connectivity index (χ0v) is 6.87. The lowest BCUT2D eigenvalue weighted by molar-refractivity contribution is 0.0988. The number of nitrogens with zero attached hydrogens (tertiary/aromatic N) is 1. The van der Waals surface area contributed by atoms with E-state index in [9.17, 15) is 4.79 Å². The molecule has 0 aromatic carbocycles. The van der Waals surface area contributed by atoms with Gasteiger partial charge in [0.1, 0.15) is 5.82 Å². The summed E-state index contributed by atoms with van der Waals surface area (Å²) in [4.78, 5) is 15.0. The maximum atomic E-state index is 11.2. The Labute approximate surface area is 70.6 Å². The molecule has 4 nitrogen and oxygen atoms in total. The SMILES string of the molecule is CCC(=O)c1cnc(N)cc1N. The number of carbonyl (C=O) groups is 1. The molecule has 0 bridgehead atoms. The Morgan fingerprint density at radius 3 is 2.75 bits per heavy atom. The van der Waals surface area contributed by atoms with Gasteiger partial charge in [0, 0.05) is 24.4 Å². The highest BCUT2D eigenvalue weighted by molar-refractivity contribution is 6.00. The molecule has 4 N–H and O–H groups in total. The Bertz CT molecular complexity index is 309. The standard InChI is InChI=1S/C8H11N3O/c1-2-7(12)5-4-11-8(10)3-6(5)9/h3-4H,2H2,1H3,(H4,9,10,11). The van der Waals surface area contributed by atoms with Crippen molar-refractivity contribution in [1.82, 2.24) is 4.98 Å². The summed E-state index contributed by atoms with van der Waals surface area (Å²) in [5.41, 5.74) is 11.8. The molecule has 0 fully saturated rings. The smallest absolute Gasteiger partial charge is 0.166 e. The summed E-state index contributed by atoms with van der Waals surface area (Å²) < 4.78 is 0. The molecule has 12 heavy (non-hydrogen) atoms. The van der Waals surface area contributed by atoms with E-state index < -0.39 is 0 Å². The number of pyridine rings is 1. The zero-order valence-electron chi connectivity index (χ0n) is 6.87. The van der Waals surface area contributed by atoms with E-state index in [1.165, 1.54) is 12.3 Å². The molecular weight excluding hydrogens is 154 g/mol. The first-order valence-electron chi connectivity index (χ1n) is 3.69. The highest BCUT2D eigenvalue weighted by Gasteiger charge is 2.07. The molecule has 1 aromatic heterocycles. The molecule has 0 spiro atoms. The van der Waals surface area contributed by atoms with Crippen LogP contribution < -0.4 is 11.5 Å². The first kappa shape index (κ1) is 8.52. The second kappa shape index (κ2) is 3.21. The maximum Gasteiger partial charge on any atom is 0.166 e. The van der Waals surface area contributed by atoms with Crippen LogP contribution in [0.1, 0.15) is 23.7 Å². The van der Waals surface area contributed by atoms with Crippen molar-refractivity contribution in [2.45, 2.75) is 13.3 Å². The molecule has 0 aliphatic heterocycles. The Morgan fingerprint density at radius 2 is 2.25 bits per heavy atom. The topological polar surface area (TPSA) is 82.0 Å². The third-order valence-corrected chi connectivity index (χ3v) is 1.58. The van der Waals surface area contributed by atoms with Crippen molar-refractivity contribution in [3.05, 3.63) is 17.8 Å². The summed E-state index contributed by atoms with van der Waals surface area (Å²) in [5, 5.41) is 0. The van der Waals surface area contributed by atoms with Crippen LogP contribution in [0.3, 0.4) is 0 Å². The predicted octanol–water partition coefficient (Wildman–Crippen LogP) is 0.839. The predicted molar refractivity (Wildman–Crippen MR) is 47.7 cm³/mol. The minimum absolute atomic E-state index is 0.0139. The molecule has 0 aliphatic rings. The number of anilines is 2. The van der Waals surface area contributed by atoms with Gasteiger partial charge in [-0.05, 0) is 0 Å². The first-order valence-corrected chi connectivity index (χ1v) is 3.69. The monoisotopic (exact) mass is 165 g/mol. The molecule has 0 aliphatic carbocycles. The van der Waals surface area contributed by atoms with Gasteiger partial charge in [0.2, 0.25) is 0 Å². The molecule has 0 saturated heterocycles. The van der Waals surface area contributed by atoms with Crippen LogP contribution in [-0.2, 0) is 0 Å². The zero-order chi connectivity index (χ0) is 9.14. The second-order valence-electron chi connectivity index (χ2n) is 2.47. The Morgan fingerprint density at radius 1 is 1.58 bits per heavy atom. The Balaban J connectivity index is 3.09. The third-order valence-electron chi connectivity index (χ3n) is 1.58. The van der Waals surface area contributed by atoms with E-state index in [0.29, 0.717) is 23.5 Å². The van der Waals surface area contributed by atoms with Gasteiger partial charge in [-0.25, -0.2) is 4.98 Å². The van der Waals surface area contributed by atoms with Gasteiger partial charge in [-0.15, -0.1) is 0 Å². The van der Waals surface area contributed by atoms with Crippen molar-refractivity contribution < 1.29 is 4.79 Å². The van der Waals surface area contributed by atoms with Gasteiger partial charge in [-0.1, -0.05) is 6.92 Å². The second-order valence-corrected chi connectivity index (χ2v) is 2.47. The van der Waals surface area contributed by atoms with Crippen molar-refractivity contribution in [3.63, 3.8) is 0 Å². The minimum Gasteiger partial charge on any atom is -0.398 e. The maximum absolute atomic E-state index is 11.2. The van der Waals surface area contributed by atoms with Crippen molar-refractivity contribution in [1.29, 1.82) is 0 Å². The van der Waals surface area contributed by atoms with E-state index in [1.54, 1.807) is 6.92 Å². The minimum atomic E-state index is -0.0139. The van der Waals surface area contributed by atoms with Gasteiger partial charge in [0.15, 0.2) is 5.78 Å². The van der Waals surface area contributed by atoms with Crippen LogP contribution in [0.5, 0.6) is 0 Å². The lowest BCUT2D eigenvalue weighted by atomic mass is 10.1. The Hall–Kier alpha value is -1.58. The number of carbonyl (C=O) groups excluding carboxylic acids is 1. The van der Waals surface area contributed by atoms with Gasteiger partial charge in [0.25, 0.3) is 0 Å². The number of hydrogen-bond donors (Lipinski definition) is 2. The number of nitrogens with two attached hydrogens (primary N) is 2. The fourth-order valence-electron chi connectivity index (χ4n) is 0.911. The van der Waals surface area contributed by atoms with Crippen LogP contribution in [0.25, 0.3) is 0 Å². The van der Waals surface area contributed by atoms with Gasteiger partial charge in [-0.3, -0.25) is 4.79 Å². The molecule has 0 radical (unpaired) electrons. The van der Waals surface area contributed by atoms with Crippen LogP contribution in [0.2, 0.25) is 0 Å². The summed E-state index contributed by atoms with van der Waals surface area (Å²) in [6.45, 7) is 1.78. The molecule has 64 valence electrons. The summed E-state index contributed by atoms with van der Waals surface area (Å²) in [5.74, 6) is 0.320. The van der Waals surface area contributed by atoms with Gasteiger partial charge < -0.3 is 11.5 Å². The number of rotatable bonds is 2. The van der Waals surface area contributed by atoms with E-state index >= 15 is 0 Å².